The second kappa shape index (κ2) is 7.06. The van der Waals surface area contributed by atoms with E-state index in [-0.39, 0.29) is 17.9 Å². The molecule has 0 saturated carbocycles. The van der Waals surface area contributed by atoms with Crippen LogP contribution in [0, 0.1) is 6.92 Å². The number of piperidine rings is 1. The number of likely N-dealkylation sites (tertiary alicyclic amines) is 2. The smallest absolute Gasteiger partial charge is 0.245 e. The van der Waals surface area contributed by atoms with Crippen LogP contribution in [0.5, 0.6) is 5.88 Å². The van der Waals surface area contributed by atoms with Gasteiger partial charge >= 0.3 is 0 Å². The molecular weight excluding hydrogens is 320 g/mol. The fourth-order valence-electron chi connectivity index (χ4n) is 4.22. The van der Waals surface area contributed by atoms with E-state index in [1.165, 1.54) is 0 Å². The first kappa shape index (κ1) is 17.8. The number of nitrogens with zero attached hydrogens (tertiary/aromatic N) is 4. The number of rotatable bonds is 4. The lowest BCUT2D eigenvalue weighted by Crippen LogP contribution is -2.50. The lowest BCUT2D eigenvalue weighted by molar-refractivity contribution is -0.147. The third-order valence-corrected chi connectivity index (χ3v) is 5.46. The third-order valence-electron chi connectivity index (χ3n) is 5.46. The second-order valence-electron chi connectivity index (χ2n) is 7.04. The van der Waals surface area contributed by atoms with Crippen LogP contribution in [0.1, 0.15) is 56.3 Å². The van der Waals surface area contributed by atoms with Gasteiger partial charge in [0, 0.05) is 26.6 Å². The molecule has 2 amide bonds. The SMILES string of the molecule is COc1c([C@H]2CCCN2C(=O)[C@H](C)N2CCCCC2=O)c(C)nn1C. The molecule has 2 aliphatic heterocycles. The molecule has 0 unspecified atom stereocenters. The summed E-state index contributed by atoms with van der Waals surface area (Å²) in [5, 5.41) is 4.46. The van der Waals surface area contributed by atoms with Gasteiger partial charge in [0.25, 0.3) is 0 Å². The minimum Gasteiger partial charge on any atom is -0.481 e. The van der Waals surface area contributed by atoms with Crippen LogP contribution >= 0.6 is 0 Å². The molecule has 3 heterocycles. The van der Waals surface area contributed by atoms with Gasteiger partial charge in [-0.15, -0.1) is 0 Å². The molecule has 1 aromatic rings. The van der Waals surface area contributed by atoms with Crippen LogP contribution < -0.4 is 4.74 Å². The molecule has 2 atom stereocenters. The van der Waals surface area contributed by atoms with Crippen molar-refractivity contribution in [3.8, 4) is 5.88 Å². The van der Waals surface area contributed by atoms with Crippen LogP contribution in [0.25, 0.3) is 0 Å². The summed E-state index contributed by atoms with van der Waals surface area (Å²) in [6, 6.07) is -0.435. The van der Waals surface area contributed by atoms with Crippen molar-refractivity contribution in [2.45, 2.75) is 58.0 Å². The van der Waals surface area contributed by atoms with E-state index in [2.05, 4.69) is 5.10 Å². The van der Waals surface area contributed by atoms with Crippen LogP contribution in [-0.2, 0) is 16.6 Å². The fraction of sp³-hybridized carbons (Fsp3) is 0.722. The largest absolute Gasteiger partial charge is 0.481 e. The van der Waals surface area contributed by atoms with E-state index in [9.17, 15) is 9.59 Å². The Balaban J connectivity index is 1.84. The Morgan fingerprint density at radius 3 is 2.72 bits per heavy atom. The number of methoxy groups -OCH3 is 1. The molecule has 7 heteroatoms. The molecule has 0 N–H and O–H groups in total. The molecule has 0 radical (unpaired) electrons. The molecule has 2 fully saturated rings. The molecule has 138 valence electrons. The highest BCUT2D eigenvalue weighted by atomic mass is 16.5. The van der Waals surface area contributed by atoms with Gasteiger partial charge in [0.1, 0.15) is 6.04 Å². The monoisotopic (exact) mass is 348 g/mol. The lowest BCUT2D eigenvalue weighted by Gasteiger charge is -2.35. The standard InChI is InChI=1S/C18H28N4O3/c1-12-16(18(25-4)20(3)19-12)14-8-7-11-22(14)17(24)13(2)21-10-6-5-9-15(21)23/h13-14H,5-11H2,1-4H3/t13-,14+/m0/s1. The van der Waals surface area contributed by atoms with Gasteiger partial charge in [-0.3, -0.25) is 9.59 Å². The van der Waals surface area contributed by atoms with Crippen LogP contribution in [0.2, 0.25) is 0 Å². The van der Waals surface area contributed by atoms with Crippen molar-refractivity contribution in [2.75, 3.05) is 20.2 Å². The molecule has 25 heavy (non-hydrogen) atoms. The summed E-state index contributed by atoms with van der Waals surface area (Å²) in [6.07, 6.45) is 4.30. The minimum atomic E-state index is -0.406. The highest BCUT2D eigenvalue weighted by Gasteiger charge is 2.39. The maximum atomic E-state index is 13.2. The predicted molar refractivity (Wildman–Crippen MR) is 93.2 cm³/mol. The van der Waals surface area contributed by atoms with Crippen molar-refractivity contribution in [2.24, 2.45) is 7.05 Å². The topological polar surface area (TPSA) is 67.7 Å². The van der Waals surface area contributed by atoms with Gasteiger partial charge in [0.2, 0.25) is 17.7 Å². The summed E-state index contributed by atoms with van der Waals surface area (Å²) in [5.74, 6) is 0.838. The Labute approximate surface area is 148 Å². The van der Waals surface area contributed by atoms with Gasteiger partial charge < -0.3 is 14.5 Å². The molecular formula is C18H28N4O3. The van der Waals surface area contributed by atoms with E-state index in [0.29, 0.717) is 25.4 Å². The number of carbonyl (C=O) groups is 2. The van der Waals surface area contributed by atoms with Crippen LogP contribution in [-0.4, -0.2) is 57.6 Å². The Hall–Kier alpha value is -2.05. The predicted octanol–water partition coefficient (Wildman–Crippen LogP) is 1.80. The van der Waals surface area contributed by atoms with Gasteiger partial charge in [0.05, 0.1) is 24.4 Å². The van der Waals surface area contributed by atoms with Crippen molar-refractivity contribution in [3.05, 3.63) is 11.3 Å². The van der Waals surface area contributed by atoms with E-state index < -0.39 is 6.04 Å². The number of hydrogen-bond donors (Lipinski definition) is 0. The minimum absolute atomic E-state index is 0.0292. The maximum absolute atomic E-state index is 13.2. The summed E-state index contributed by atoms with van der Waals surface area (Å²) in [7, 11) is 3.49. The van der Waals surface area contributed by atoms with Crippen molar-refractivity contribution in [1.29, 1.82) is 0 Å². The molecule has 0 spiro atoms. The fourth-order valence-corrected chi connectivity index (χ4v) is 4.22. The van der Waals surface area contributed by atoms with Gasteiger partial charge in [-0.1, -0.05) is 0 Å². The third kappa shape index (κ3) is 3.12. The molecule has 3 rings (SSSR count). The molecule has 2 saturated heterocycles. The van der Waals surface area contributed by atoms with Gasteiger partial charge in [-0.2, -0.15) is 5.10 Å². The Morgan fingerprint density at radius 1 is 1.28 bits per heavy atom. The highest BCUT2D eigenvalue weighted by Crippen LogP contribution is 2.39. The zero-order chi connectivity index (χ0) is 18.1. The molecule has 0 aromatic carbocycles. The first-order valence-electron chi connectivity index (χ1n) is 9.13. The summed E-state index contributed by atoms with van der Waals surface area (Å²) < 4.78 is 7.25. The summed E-state index contributed by atoms with van der Waals surface area (Å²) in [6.45, 7) is 5.21. The average Bonchev–Trinajstić information content (AvgIpc) is 3.17. The van der Waals surface area contributed by atoms with Gasteiger partial charge in [-0.25, -0.2) is 4.68 Å². The normalized spacial score (nSPS) is 22.4. The first-order valence-corrected chi connectivity index (χ1v) is 9.13. The van der Waals surface area contributed by atoms with E-state index in [1.807, 2.05) is 25.8 Å². The number of amides is 2. The number of aromatic nitrogens is 2. The number of hydrogen-bond acceptors (Lipinski definition) is 4. The van der Waals surface area contributed by atoms with Crippen molar-refractivity contribution >= 4 is 11.8 Å². The molecule has 1 aromatic heterocycles. The Bertz CT molecular complexity index is 670. The zero-order valence-corrected chi connectivity index (χ0v) is 15.6. The quantitative estimate of drug-likeness (QED) is 0.832. The van der Waals surface area contributed by atoms with Gasteiger partial charge in [-0.05, 0) is 39.5 Å². The second-order valence-corrected chi connectivity index (χ2v) is 7.04. The number of ether oxygens (including phenoxy) is 1. The van der Waals surface area contributed by atoms with Crippen molar-refractivity contribution in [3.63, 3.8) is 0 Å². The van der Waals surface area contributed by atoms with Gasteiger partial charge in [0.15, 0.2) is 0 Å². The van der Waals surface area contributed by atoms with E-state index >= 15 is 0 Å². The Kier molecular flexibility index (Phi) is 5.01. The molecule has 2 aliphatic rings. The van der Waals surface area contributed by atoms with Crippen LogP contribution in [0.15, 0.2) is 0 Å². The van der Waals surface area contributed by atoms with Crippen LogP contribution in [0.3, 0.4) is 0 Å². The summed E-state index contributed by atoms with van der Waals surface area (Å²) in [4.78, 5) is 29.0. The van der Waals surface area contributed by atoms with Crippen LogP contribution in [0.4, 0.5) is 0 Å². The summed E-state index contributed by atoms with van der Waals surface area (Å²) in [5.41, 5.74) is 1.89. The van der Waals surface area contributed by atoms with E-state index in [0.717, 1.165) is 36.9 Å². The lowest BCUT2D eigenvalue weighted by atomic mass is 10.0. The van der Waals surface area contributed by atoms with E-state index in [4.69, 9.17) is 4.74 Å². The number of aryl methyl sites for hydroxylation is 2. The van der Waals surface area contributed by atoms with Crippen molar-refractivity contribution in [1.82, 2.24) is 19.6 Å². The Morgan fingerprint density at radius 2 is 2.04 bits per heavy atom. The summed E-state index contributed by atoms with van der Waals surface area (Å²) >= 11 is 0. The maximum Gasteiger partial charge on any atom is 0.245 e. The zero-order valence-electron chi connectivity index (χ0n) is 15.6. The molecule has 0 aliphatic carbocycles. The highest BCUT2D eigenvalue weighted by molar-refractivity contribution is 5.88. The molecule has 0 bridgehead atoms. The number of carbonyl (C=O) groups excluding carboxylic acids is 2. The first-order chi connectivity index (χ1) is 12.0. The van der Waals surface area contributed by atoms with E-state index in [1.54, 1.807) is 16.7 Å². The molecule has 7 nitrogen and oxygen atoms in total. The van der Waals surface area contributed by atoms with Crippen molar-refractivity contribution < 1.29 is 14.3 Å². The average molecular weight is 348 g/mol.